The lowest BCUT2D eigenvalue weighted by atomic mass is 10.1. The van der Waals surface area contributed by atoms with Gasteiger partial charge < -0.3 is 9.64 Å². The number of esters is 1. The van der Waals surface area contributed by atoms with E-state index in [2.05, 4.69) is 20.7 Å². The number of piperidine rings is 1. The second-order valence-corrected chi connectivity index (χ2v) is 5.24. The van der Waals surface area contributed by atoms with Gasteiger partial charge in [-0.2, -0.15) is 0 Å². The highest BCUT2D eigenvalue weighted by Crippen LogP contribution is 2.30. The topological polar surface area (TPSA) is 29.5 Å². The Balaban J connectivity index is 2.45. The van der Waals surface area contributed by atoms with Crippen LogP contribution in [0.15, 0.2) is 16.6 Å². The first-order valence-corrected chi connectivity index (χ1v) is 6.75. The van der Waals surface area contributed by atoms with Crippen LogP contribution in [0.5, 0.6) is 0 Å². The maximum Gasteiger partial charge on any atom is 0.342 e. The molecule has 1 fully saturated rings. The van der Waals surface area contributed by atoms with Crippen molar-refractivity contribution in [2.24, 2.45) is 0 Å². The van der Waals surface area contributed by atoms with E-state index in [-0.39, 0.29) is 5.56 Å². The highest BCUT2D eigenvalue weighted by molar-refractivity contribution is 9.10. The molecule has 0 saturated carbocycles. The van der Waals surface area contributed by atoms with Crippen molar-refractivity contribution < 1.29 is 13.9 Å². The summed E-state index contributed by atoms with van der Waals surface area (Å²) in [5.74, 6) is -1.17. The molecule has 0 bridgehead atoms. The average Bonchev–Trinajstić information content (AvgIpc) is 2.38. The first-order valence-electron chi connectivity index (χ1n) is 5.96. The van der Waals surface area contributed by atoms with Crippen molar-refractivity contribution in [3.05, 3.63) is 28.0 Å². The summed E-state index contributed by atoms with van der Waals surface area (Å²) >= 11 is 3.27. The average molecular weight is 316 g/mol. The molecular formula is C13H15BrFNO2. The summed E-state index contributed by atoms with van der Waals surface area (Å²) in [6.45, 7) is 1.69. The van der Waals surface area contributed by atoms with Gasteiger partial charge in [0.1, 0.15) is 11.4 Å². The molecule has 0 spiro atoms. The fraction of sp³-hybridized carbons (Fsp3) is 0.462. The third-order valence-electron chi connectivity index (χ3n) is 3.12. The van der Waals surface area contributed by atoms with Crippen molar-refractivity contribution in [3.8, 4) is 0 Å². The largest absolute Gasteiger partial charge is 0.465 e. The maximum absolute atomic E-state index is 13.9. The predicted molar refractivity (Wildman–Crippen MR) is 71.5 cm³/mol. The predicted octanol–water partition coefficient (Wildman–Crippen LogP) is 3.37. The highest BCUT2D eigenvalue weighted by atomic mass is 79.9. The van der Waals surface area contributed by atoms with E-state index in [1.807, 2.05) is 4.90 Å². The zero-order valence-electron chi connectivity index (χ0n) is 10.2. The lowest BCUT2D eigenvalue weighted by Gasteiger charge is -2.30. The van der Waals surface area contributed by atoms with Crippen LogP contribution in [0.3, 0.4) is 0 Å². The van der Waals surface area contributed by atoms with Gasteiger partial charge in [0, 0.05) is 17.6 Å². The van der Waals surface area contributed by atoms with Gasteiger partial charge in [0.05, 0.1) is 12.8 Å². The molecule has 0 amide bonds. The first-order chi connectivity index (χ1) is 8.63. The number of hydrogen-bond donors (Lipinski definition) is 0. The fourth-order valence-corrected chi connectivity index (χ4v) is 2.67. The van der Waals surface area contributed by atoms with Gasteiger partial charge in [-0.1, -0.05) is 15.9 Å². The number of carbonyl (C=O) groups is 1. The molecule has 1 aliphatic heterocycles. The van der Waals surface area contributed by atoms with Crippen LogP contribution in [0.1, 0.15) is 29.6 Å². The molecule has 3 nitrogen and oxygen atoms in total. The van der Waals surface area contributed by atoms with Crippen molar-refractivity contribution in [2.45, 2.75) is 19.3 Å². The minimum absolute atomic E-state index is 0.0302. The van der Waals surface area contributed by atoms with E-state index in [9.17, 15) is 9.18 Å². The Kier molecular flexibility index (Phi) is 4.22. The Bertz CT molecular complexity index is 459. The molecule has 0 radical (unpaired) electrons. The summed E-state index contributed by atoms with van der Waals surface area (Å²) in [7, 11) is 1.27. The molecule has 1 heterocycles. The summed E-state index contributed by atoms with van der Waals surface area (Å²) in [5.41, 5.74) is 0.649. The van der Waals surface area contributed by atoms with Crippen LogP contribution < -0.4 is 4.90 Å². The zero-order chi connectivity index (χ0) is 13.1. The molecule has 1 aromatic rings. The minimum Gasteiger partial charge on any atom is -0.465 e. The van der Waals surface area contributed by atoms with Gasteiger partial charge in [-0.3, -0.25) is 0 Å². The smallest absolute Gasteiger partial charge is 0.342 e. The summed E-state index contributed by atoms with van der Waals surface area (Å²) in [6.07, 6.45) is 3.31. The lowest BCUT2D eigenvalue weighted by Crippen LogP contribution is -2.31. The Labute approximate surface area is 114 Å². The van der Waals surface area contributed by atoms with Crippen molar-refractivity contribution in [3.63, 3.8) is 0 Å². The van der Waals surface area contributed by atoms with Gasteiger partial charge in [0.2, 0.25) is 0 Å². The molecule has 1 aliphatic rings. The van der Waals surface area contributed by atoms with Crippen molar-refractivity contribution in [1.29, 1.82) is 0 Å². The van der Waals surface area contributed by atoms with Gasteiger partial charge in [-0.05, 0) is 31.4 Å². The number of carbonyl (C=O) groups excluding carboxylic acids is 1. The Morgan fingerprint density at radius 1 is 1.33 bits per heavy atom. The molecule has 2 rings (SSSR count). The number of halogens is 2. The van der Waals surface area contributed by atoms with E-state index in [1.165, 1.54) is 19.6 Å². The number of methoxy groups -OCH3 is 1. The Morgan fingerprint density at radius 3 is 2.61 bits per heavy atom. The van der Waals surface area contributed by atoms with Gasteiger partial charge >= 0.3 is 5.97 Å². The molecule has 98 valence electrons. The minimum atomic E-state index is -0.624. The van der Waals surface area contributed by atoms with Crippen molar-refractivity contribution in [1.82, 2.24) is 0 Å². The van der Waals surface area contributed by atoms with Gasteiger partial charge in [-0.15, -0.1) is 0 Å². The number of rotatable bonds is 2. The number of nitrogens with zero attached hydrogens (tertiary/aromatic N) is 1. The van der Waals surface area contributed by atoms with Crippen LogP contribution in [0.4, 0.5) is 10.1 Å². The number of benzene rings is 1. The third kappa shape index (κ3) is 2.66. The number of ether oxygens (including phenoxy) is 1. The van der Waals surface area contributed by atoms with Crippen LogP contribution >= 0.6 is 15.9 Å². The molecule has 0 N–H and O–H groups in total. The number of anilines is 1. The summed E-state index contributed by atoms with van der Waals surface area (Å²) in [5, 5.41) is 0. The second kappa shape index (κ2) is 5.69. The molecule has 1 saturated heterocycles. The van der Waals surface area contributed by atoms with E-state index < -0.39 is 11.8 Å². The van der Waals surface area contributed by atoms with E-state index >= 15 is 0 Å². The second-order valence-electron chi connectivity index (χ2n) is 4.32. The molecule has 18 heavy (non-hydrogen) atoms. The summed E-state index contributed by atoms with van der Waals surface area (Å²) < 4.78 is 19.2. The van der Waals surface area contributed by atoms with Gasteiger partial charge in [0.15, 0.2) is 0 Å². The van der Waals surface area contributed by atoms with Crippen LogP contribution in [-0.2, 0) is 4.74 Å². The lowest BCUT2D eigenvalue weighted by molar-refractivity contribution is 0.0596. The van der Waals surface area contributed by atoms with Crippen LogP contribution in [-0.4, -0.2) is 26.2 Å². The van der Waals surface area contributed by atoms with E-state index in [0.29, 0.717) is 10.2 Å². The SMILES string of the molecule is COC(=O)c1c(F)cc(Br)cc1N1CCCCC1. The van der Waals surface area contributed by atoms with Crippen LogP contribution in [0.25, 0.3) is 0 Å². The Morgan fingerprint density at radius 2 is 2.00 bits per heavy atom. The summed E-state index contributed by atoms with van der Waals surface area (Å²) in [4.78, 5) is 13.8. The molecule has 1 aromatic carbocycles. The highest BCUT2D eigenvalue weighted by Gasteiger charge is 2.23. The van der Waals surface area contributed by atoms with E-state index in [4.69, 9.17) is 0 Å². The van der Waals surface area contributed by atoms with Gasteiger partial charge in [0.25, 0.3) is 0 Å². The van der Waals surface area contributed by atoms with Crippen LogP contribution in [0, 0.1) is 5.82 Å². The molecule has 0 atom stereocenters. The van der Waals surface area contributed by atoms with E-state index in [0.717, 1.165) is 25.9 Å². The van der Waals surface area contributed by atoms with Crippen molar-refractivity contribution in [2.75, 3.05) is 25.1 Å². The maximum atomic E-state index is 13.9. The standard InChI is InChI=1S/C13H15BrFNO2/c1-18-13(17)12-10(15)7-9(14)8-11(12)16-5-3-2-4-6-16/h7-8H,2-6H2,1H3. The van der Waals surface area contributed by atoms with Crippen LogP contribution in [0.2, 0.25) is 0 Å². The first kappa shape index (κ1) is 13.3. The molecular weight excluding hydrogens is 301 g/mol. The monoisotopic (exact) mass is 315 g/mol. The molecule has 5 heteroatoms. The van der Waals surface area contributed by atoms with Crippen molar-refractivity contribution >= 4 is 27.6 Å². The summed E-state index contributed by atoms with van der Waals surface area (Å²) in [6, 6.07) is 3.07. The fourth-order valence-electron chi connectivity index (χ4n) is 2.25. The number of hydrogen-bond acceptors (Lipinski definition) is 3. The molecule has 0 aliphatic carbocycles. The van der Waals surface area contributed by atoms with E-state index in [1.54, 1.807) is 6.07 Å². The van der Waals surface area contributed by atoms with Gasteiger partial charge in [-0.25, -0.2) is 9.18 Å². The zero-order valence-corrected chi connectivity index (χ0v) is 11.8. The quantitative estimate of drug-likeness (QED) is 0.784. The normalized spacial score (nSPS) is 15.6. The molecule has 0 unspecified atom stereocenters. The molecule has 0 aromatic heterocycles. The Hall–Kier alpha value is -1.10. The third-order valence-corrected chi connectivity index (χ3v) is 3.58.